The molecule has 0 atom stereocenters. The number of benzene rings is 2. The molecule has 150 valence electrons. The Morgan fingerprint density at radius 2 is 1.86 bits per heavy atom. The maximum Gasteiger partial charge on any atom is 0.270 e. The van der Waals surface area contributed by atoms with Gasteiger partial charge in [0.1, 0.15) is 11.4 Å². The fourth-order valence-electron chi connectivity index (χ4n) is 3.02. The van der Waals surface area contributed by atoms with Crippen LogP contribution in [0.3, 0.4) is 0 Å². The van der Waals surface area contributed by atoms with E-state index in [0.717, 1.165) is 22.6 Å². The first kappa shape index (κ1) is 20.3. The predicted octanol–water partition coefficient (Wildman–Crippen LogP) is 4.59. The van der Waals surface area contributed by atoms with Crippen LogP contribution < -0.4 is 15.4 Å². The molecule has 0 radical (unpaired) electrons. The number of rotatable bonds is 7. The summed E-state index contributed by atoms with van der Waals surface area (Å²) < 4.78 is 5.15. The zero-order chi connectivity index (χ0) is 20.8. The minimum atomic E-state index is -0.250. The molecule has 1 heterocycles. The molecule has 0 aliphatic carbocycles. The van der Waals surface area contributed by atoms with Gasteiger partial charge in [0.25, 0.3) is 5.91 Å². The van der Waals surface area contributed by atoms with Gasteiger partial charge in [0, 0.05) is 18.4 Å². The lowest BCUT2D eigenvalue weighted by Gasteiger charge is -2.16. The number of amides is 1. The first-order valence-corrected chi connectivity index (χ1v) is 9.58. The molecule has 1 aromatic heterocycles. The van der Waals surface area contributed by atoms with Crippen molar-refractivity contribution < 1.29 is 9.53 Å². The quantitative estimate of drug-likeness (QED) is 0.617. The van der Waals surface area contributed by atoms with Crippen LogP contribution >= 0.6 is 0 Å². The van der Waals surface area contributed by atoms with E-state index >= 15 is 0 Å². The van der Waals surface area contributed by atoms with Crippen molar-refractivity contribution in [3.63, 3.8) is 0 Å². The summed E-state index contributed by atoms with van der Waals surface area (Å²) in [5, 5.41) is 6.17. The lowest BCUT2D eigenvalue weighted by Crippen LogP contribution is -2.24. The molecule has 1 amide bonds. The van der Waals surface area contributed by atoms with Gasteiger partial charge in [-0.2, -0.15) is 0 Å². The SMILES string of the molecule is COc1ccc(CNC(=O)c2ccnc(Nc3c(C)cccc3C(C)C)n2)cc1. The van der Waals surface area contributed by atoms with Gasteiger partial charge in [-0.05, 0) is 47.7 Å². The van der Waals surface area contributed by atoms with E-state index in [-0.39, 0.29) is 5.91 Å². The summed E-state index contributed by atoms with van der Waals surface area (Å²) in [4.78, 5) is 21.2. The molecular formula is C23H26N4O2. The van der Waals surface area contributed by atoms with Crippen LogP contribution in [0.1, 0.15) is 46.9 Å². The number of para-hydroxylation sites is 1. The van der Waals surface area contributed by atoms with E-state index in [2.05, 4.69) is 40.5 Å². The highest BCUT2D eigenvalue weighted by molar-refractivity contribution is 5.92. The Bertz CT molecular complexity index is 984. The van der Waals surface area contributed by atoms with Gasteiger partial charge in [0.15, 0.2) is 0 Å². The van der Waals surface area contributed by atoms with E-state index in [1.165, 1.54) is 5.56 Å². The average Bonchev–Trinajstić information content (AvgIpc) is 2.74. The van der Waals surface area contributed by atoms with Gasteiger partial charge >= 0.3 is 0 Å². The molecule has 0 bridgehead atoms. The Morgan fingerprint density at radius 3 is 2.55 bits per heavy atom. The summed E-state index contributed by atoms with van der Waals surface area (Å²) in [6, 6.07) is 15.3. The summed E-state index contributed by atoms with van der Waals surface area (Å²) in [5.41, 5.74) is 4.57. The van der Waals surface area contributed by atoms with Gasteiger partial charge in [-0.25, -0.2) is 9.97 Å². The van der Waals surface area contributed by atoms with Gasteiger partial charge in [0.05, 0.1) is 7.11 Å². The average molecular weight is 390 g/mol. The topological polar surface area (TPSA) is 76.1 Å². The number of hydrogen-bond acceptors (Lipinski definition) is 5. The largest absolute Gasteiger partial charge is 0.497 e. The van der Waals surface area contributed by atoms with Crippen LogP contribution in [-0.2, 0) is 6.54 Å². The van der Waals surface area contributed by atoms with E-state index in [0.29, 0.717) is 24.1 Å². The standard InChI is InChI=1S/C23H26N4O2/c1-15(2)19-7-5-6-16(3)21(19)27-23-24-13-12-20(26-23)22(28)25-14-17-8-10-18(29-4)11-9-17/h5-13,15H,14H2,1-4H3,(H,25,28)(H,24,26,27). The van der Waals surface area contributed by atoms with E-state index in [1.807, 2.05) is 43.3 Å². The first-order valence-electron chi connectivity index (χ1n) is 9.58. The predicted molar refractivity (Wildman–Crippen MR) is 115 cm³/mol. The van der Waals surface area contributed by atoms with Crippen LogP contribution in [-0.4, -0.2) is 23.0 Å². The molecule has 6 nitrogen and oxygen atoms in total. The van der Waals surface area contributed by atoms with E-state index < -0.39 is 0 Å². The molecule has 2 aromatic carbocycles. The summed E-state index contributed by atoms with van der Waals surface area (Å²) in [6.07, 6.45) is 1.59. The van der Waals surface area contributed by atoms with Crippen molar-refractivity contribution in [2.75, 3.05) is 12.4 Å². The Labute approximate surface area is 171 Å². The number of nitrogens with one attached hydrogen (secondary N) is 2. The summed E-state index contributed by atoms with van der Waals surface area (Å²) in [6.45, 7) is 6.73. The number of hydrogen-bond donors (Lipinski definition) is 2. The molecule has 0 fully saturated rings. The Kier molecular flexibility index (Phi) is 6.44. The van der Waals surface area contributed by atoms with Gasteiger partial charge in [-0.3, -0.25) is 4.79 Å². The van der Waals surface area contributed by atoms with Crippen molar-refractivity contribution in [3.05, 3.63) is 77.1 Å². The molecule has 0 spiro atoms. The number of carbonyl (C=O) groups excluding carboxylic acids is 1. The van der Waals surface area contributed by atoms with E-state index in [1.54, 1.807) is 19.4 Å². The third-order valence-electron chi connectivity index (χ3n) is 4.66. The smallest absolute Gasteiger partial charge is 0.270 e. The van der Waals surface area contributed by atoms with Crippen LogP contribution in [0.2, 0.25) is 0 Å². The highest BCUT2D eigenvalue weighted by Crippen LogP contribution is 2.29. The third-order valence-corrected chi connectivity index (χ3v) is 4.66. The second-order valence-corrected chi connectivity index (χ2v) is 7.12. The second kappa shape index (κ2) is 9.19. The van der Waals surface area contributed by atoms with Crippen LogP contribution in [0.25, 0.3) is 0 Å². The summed E-state index contributed by atoms with van der Waals surface area (Å²) in [7, 11) is 1.62. The molecular weight excluding hydrogens is 364 g/mol. The third kappa shape index (κ3) is 5.10. The Hall–Kier alpha value is -3.41. The zero-order valence-corrected chi connectivity index (χ0v) is 17.2. The molecule has 0 aliphatic rings. The number of carbonyl (C=O) groups is 1. The fraction of sp³-hybridized carbons (Fsp3) is 0.261. The fourth-order valence-corrected chi connectivity index (χ4v) is 3.02. The summed E-state index contributed by atoms with van der Waals surface area (Å²) >= 11 is 0. The van der Waals surface area contributed by atoms with Crippen LogP contribution in [0, 0.1) is 6.92 Å². The number of aromatic nitrogens is 2. The highest BCUT2D eigenvalue weighted by Gasteiger charge is 2.13. The van der Waals surface area contributed by atoms with Crippen molar-refractivity contribution in [2.45, 2.75) is 33.2 Å². The number of methoxy groups -OCH3 is 1. The molecule has 0 aliphatic heterocycles. The highest BCUT2D eigenvalue weighted by atomic mass is 16.5. The zero-order valence-electron chi connectivity index (χ0n) is 17.2. The maximum atomic E-state index is 12.5. The van der Waals surface area contributed by atoms with Crippen LogP contribution in [0.4, 0.5) is 11.6 Å². The van der Waals surface area contributed by atoms with Gasteiger partial charge < -0.3 is 15.4 Å². The molecule has 6 heteroatoms. The Morgan fingerprint density at radius 1 is 1.10 bits per heavy atom. The minimum Gasteiger partial charge on any atom is -0.497 e. The number of nitrogens with zero attached hydrogens (tertiary/aromatic N) is 2. The van der Waals surface area contributed by atoms with Crippen molar-refractivity contribution in [2.24, 2.45) is 0 Å². The molecule has 0 saturated carbocycles. The first-order chi connectivity index (χ1) is 14.0. The number of anilines is 2. The maximum absolute atomic E-state index is 12.5. The minimum absolute atomic E-state index is 0.250. The molecule has 29 heavy (non-hydrogen) atoms. The van der Waals surface area contributed by atoms with E-state index in [9.17, 15) is 4.79 Å². The lowest BCUT2D eigenvalue weighted by atomic mass is 9.98. The number of aryl methyl sites for hydroxylation is 1. The normalized spacial score (nSPS) is 10.7. The van der Waals surface area contributed by atoms with E-state index in [4.69, 9.17) is 4.74 Å². The number of ether oxygens (including phenoxy) is 1. The van der Waals surface area contributed by atoms with Crippen molar-refractivity contribution in [1.29, 1.82) is 0 Å². The monoisotopic (exact) mass is 390 g/mol. The molecule has 3 rings (SSSR count). The molecule has 0 unspecified atom stereocenters. The van der Waals surface area contributed by atoms with Gasteiger partial charge in [-0.15, -0.1) is 0 Å². The Balaban J connectivity index is 1.71. The van der Waals surface area contributed by atoms with Crippen LogP contribution in [0.15, 0.2) is 54.7 Å². The van der Waals surface area contributed by atoms with Crippen molar-refractivity contribution >= 4 is 17.5 Å². The molecule has 2 N–H and O–H groups in total. The second-order valence-electron chi connectivity index (χ2n) is 7.12. The lowest BCUT2D eigenvalue weighted by molar-refractivity contribution is 0.0946. The van der Waals surface area contributed by atoms with Gasteiger partial charge in [-0.1, -0.05) is 44.2 Å². The van der Waals surface area contributed by atoms with Crippen molar-refractivity contribution in [1.82, 2.24) is 15.3 Å². The van der Waals surface area contributed by atoms with Gasteiger partial charge in [0.2, 0.25) is 5.95 Å². The molecule has 0 saturated heterocycles. The van der Waals surface area contributed by atoms with Crippen molar-refractivity contribution in [3.8, 4) is 5.75 Å². The van der Waals surface area contributed by atoms with Crippen LogP contribution in [0.5, 0.6) is 5.75 Å². The summed E-state index contributed by atoms with van der Waals surface area (Å²) in [5.74, 6) is 1.29. The molecule has 3 aromatic rings.